The van der Waals surface area contributed by atoms with Crippen LogP contribution in [0.3, 0.4) is 0 Å². The van der Waals surface area contributed by atoms with E-state index in [1.165, 1.54) is 7.11 Å². The van der Waals surface area contributed by atoms with Gasteiger partial charge in [0.05, 0.1) is 23.6 Å². The largest absolute Gasteiger partial charge is 0.493 e. The summed E-state index contributed by atoms with van der Waals surface area (Å²) >= 11 is 6.32. The molecule has 0 bridgehead atoms. The molecule has 1 fully saturated rings. The molecule has 1 N–H and O–H groups in total. The van der Waals surface area contributed by atoms with Gasteiger partial charge >= 0.3 is 0 Å². The molecule has 2 aromatic rings. The fourth-order valence-corrected chi connectivity index (χ4v) is 5.14. The van der Waals surface area contributed by atoms with Crippen LogP contribution < -0.4 is 14.2 Å². The Balaban J connectivity index is 1.67. The number of carbonyl (C=O) groups excluding carboxylic acids is 1. The summed E-state index contributed by atoms with van der Waals surface area (Å²) in [6, 6.07) is 9.94. The van der Waals surface area contributed by atoms with E-state index in [-0.39, 0.29) is 23.3 Å². The molecule has 1 amide bonds. The minimum atomic E-state index is -3.59. The first-order valence-electron chi connectivity index (χ1n) is 10.6. The maximum absolute atomic E-state index is 13.1. The van der Waals surface area contributed by atoms with Gasteiger partial charge in [0.2, 0.25) is 10.0 Å². The topological polar surface area (TPSA) is 84.9 Å². The zero-order chi connectivity index (χ0) is 23.3. The number of aryl methyl sites for hydroxylation is 1. The molecule has 32 heavy (non-hydrogen) atoms. The van der Waals surface area contributed by atoms with Gasteiger partial charge in [-0.1, -0.05) is 29.3 Å². The number of nitrogens with zero attached hydrogens (tertiary/aromatic N) is 1. The third kappa shape index (κ3) is 5.74. The van der Waals surface area contributed by atoms with Gasteiger partial charge in [-0.15, -0.1) is 0 Å². The van der Waals surface area contributed by atoms with E-state index in [4.69, 9.17) is 21.1 Å². The zero-order valence-electron chi connectivity index (χ0n) is 18.6. The third-order valence-corrected chi connectivity index (χ3v) is 7.18. The molecule has 3 rings (SSSR count). The Bertz CT molecular complexity index is 1060. The van der Waals surface area contributed by atoms with Crippen molar-refractivity contribution < 1.29 is 22.7 Å². The van der Waals surface area contributed by atoms with Crippen molar-refractivity contribution in [2.45, 2.75) is 31.6 Å². The minimum absolute atomic E-state index is 0.0213. The molecule has 1 aliphatic rings. The molecule has 2 aromatic carbocycles. The smallest absolute Gasteiger partial charge is 0.254 e. The first-order valence-corrected chi connectivity index (χ1v) is 12.5. The summed E-state index contributed by atoms with van der Waals surface area (Å²) in [5, 5.41) is 0.314. The molecule has 1 saturated heterocycles. The Morgan fingerprint density at radius 2 is 1.97 bits per heavy atom. The van der Waals surface area contributed by atoms with Crippen LogP contribution >= 0.6 is 11.6 Å². The SMILES string of the molecule is CCOc1c(Cl)cc(C(=O)N2CCCC(CNS(=O)(=O)c3ccc(C)cc3)C2)cc1OC. The number of sulfonamides is 1. The van der Waals surface area contributed by atoms with Gasteiger partial charge in [0.25, 0.3) is 5.91 Å². The molecule has 1 atom stereocenters. The highest BCUT2D eigenvalue weighted by Crippen LogP contribution is 2.37. The molecule has 0 saturated carbocycles. The van der Waals surface area contributed by atoms with Crippen LogP contribution in [0.25, 0.3) is 0 Å². The van der Waals surface area contributed by atoms with Crippen molar-refractivity contribution in [3.05, 3.63) is 52.5 Å². The van der Waals surface area contributed by atoms with Gasteiger partial charge in [-0.25, -0.2) is 13.1 Å². The number of benzene rings is 2. The number of hydrogen-bond donors (Lipinski definition) is 1. The Hall–Kier alpha value is -2.29. The summed E-state index contributed by atoms with van der Waals surface area (Å²) < 4.78 is 38.7. The quantitative estimate of drug-likeness (QED) is 0.619. The van der Waals surface area contributed by atoms with Gasteiger partial charge in [0.1, 0.15) is 0 Å². The number of methoxy groups -OCH3 is 1. The number of amides is 1. The molecular formula is C23H29ClN2O5S. The van der Waals surface area contributed by atoms with Gasteiger partial charge in [0, 0.05) is 25.2 Å². The van der Waals surface area contributed by atoms with Gasteiger partial charge in [-0.3, -0.25) is 4.79 Å². The van der Waals surface area contributed by atoms with Crippen LogP contribution in [0.1, 0.15) is 35.7 Å². The molecule has 0 radical (unpaired) electrons. The average molecular weight is 481 g/mol. The third-order valence-electron chi connectivity index (χ3n) is 5.46. The second kappa shape index (κ2) is 10.6. The Kier molecular flexibility index (Phi) is 8.03. The summed E-state index contributed by atoms with van der Waals surface area (Å²) in [5.41, 5.74) is 1.41. The van der Waals surface area contributed by atoms with Crippen LogP contribution in [0.15, 0.2) is 41.3 Å². The monoisotopic (exact) mass is 480 g/mol. The van der Waals surface area contributed by atoms with Crippen LogP contribution in [0.4, 0.5) is 0 Å². The molecule has 0 spiro atoms. The number of nitrogens with one attached hydrogen (secondary N) is 1. The van der Waals surface area contributed by atoms with Crippen LogP contribution in [0.5, 0.6) is 11.5 Å². The standard InChI is InChI=1S/C23H29ClN2O5S/c1-4-31-22-20(24)12-18(13-21(22)30-3)23(27)26-11-5-6-17(15-26)14-25-32(28,29)19-9-7-16(2)8-10-19/h7-10,12-13,17,25H,4-6,11,14-15H2,1-3H3. The normalized spacial score (nSPS) is 16.6. The predicted octanol–water partition coefficient (Wildman–Crippen LogP) is 3.89. The van der Waals surface area contributed by atoms with Gasteiger partial charge in [-0.2, -0.15) is 0 Å². The zero-order valence-corrected chi connectivity index (χ0v) is 20.1. The number of halogens is 1. The van der Waals surface area contributed by atoms with Gasteiger partial charge in [0.15, 0.2) is 11.5 Å². The van der Waals surface area contributed by atoms with Crippen molar-refractivity contribution in [1.82, 2.24) is 9.62 Å². The Morgan fingerprint density at radius 3 is 2.62 bits per heavy atom. The van der Waals surface area contributed by atoms with Gasteiger partial charge < -0.3 is 14.4 Å². The number of ether oxygens (including phenoxy) is 2. The summed E-state index contributed by atoms with van der Waals surface area (Å²) in [5.74, 6) is 0.671. The molecule has 0 aliphatic carbocycles. The summed E-state index contributed by atoms with van der Waals surface area (Å²) in [6.45, 7) is 5.51. The molecule has 9 heteroatoms. The van der Waals surface area contributed by atoms with Crippen molar-refractivity contribution in [2.75, 3.05) is 33.4 Å². The molecule has 0 aromatic heterocycles. The minimum Gasteiger partial charge on any atom is -0.493 e. The van der Waals surface area contributed by atoms with Crippen molar-refractivity contribution in [3.63, 3.8) is 0 Å². The van der Waals surface area contributed by atoms with E-state index in [2.05, 4.69) is 4.72 Å². The maximum atomic E-state index is 13.1. The van der Waals surface area contributed by atoms with Crippen LogP contribution in [-0.2, 0) is 10.0 Å². The predicted molar refractivity (Wildman–Crippen MR) is 124 cm³/mol. The summed E-state index contributed by atoms with van der Waals surface area (Å²) in [6.07, 6.45) is 1.64. The van der Waals surface area contributed by atoms with Crippen LogP contribution in [-0.4, -0.2) is 52.6 Å². The second-order valence-electron chi connectivity index (χ2n) is 7.85. The van der Waals surface area contributed by atoms with Crippen molar-refractivity contribution in [3.8, 4) is 11.5 Å². The lowest BCUT2D eigenvalue weighted by Crippen LogP contribution is -2.43. The Labute approximate surface area is 194 Å². The summed E-state index contributed by atoms with van der Waals surface area (Å²) in [7, 11) is -2.09. The highest BCUT2D eigenvalue weighted by molar-refractivity contribution is 7.89. The average Bonchev–Trinajstić information content (AvgIpc) is 2.79. The first kappa shape index (κ1) is 24.4. The molecule has 1 unspecified atom stereocenters. The molecule has 1 heterocycles. The van der Waals surface area contributed by atoms with Gasteiger partial charge in [-0.05, 0) is 56.9 Å². The van der Waals surface area contributed by atoms with E-state index >= 15 is 0 Å². The van der Waals surface area contributed by atoms with E-state index in [0.717, 1.165) is 18.4 Å². The van der Waals surface area contributed by atoms with Crippen LogP contribution in [0, 0.1) is 12.8 Å². The fourth-order valence-electron chi connectivity index (χ4n) is 3.75. The number of likely N-dealkylation sites (tertiary alicyclic amines) is 1. The van der Waals surface area contributed by atoms with Crippen molar-refractivity contribution >= 4 is 27.5 Å². The van der Waals surface area contributed by atoms with E-state index < -0.39 is 10.0 Å². The maximum Gasteiger partial charge on any atom is 0.254 e. The second-order valence-corrected chi connectivity index (χ2v) is 10.0. The number of carbonyl (C=O) groups is 1. The highest BCUT2D eigenvalue weighted by Gasteiger charge is 2.27. The molecule has 7 nitrogen and oxygen atoms in total. The molecule has 1 aliphatic heterocycles. The van der Waals surface area contributed by atoms with Crippen molar-refractivity contribution in [2.24, 2.45) is 5.92 Å². The lowest BCUT2D eigenvalue weighted by Gasteiger charge is -2.33. The Morgan fingerprint density at radius 1 is 1.25 bits per heavy atom. The van der Waals surface area contributed by atoms with E-state index in [9.17, 15) is 13.2 Å². The number of hydrogen-bond acceptors (Lipinski definition) is 5. The number of piperidine rings is 1. The van der Waals surface area contributed by atoms with E-state index in [0.29, 0.717) is 41.8 Å². The highest BCUT2D eigenvalue weighted by atomic mass is 35.5. The summed E-state index contributed by atoms with van der Waals surface area (Å²) in [4.78, 5) is 15.1. The number of rotatable bonds is 8. The van der Waals surface area contributed by atoms with Crippen molar-refractivity contribution in [1.29, 1.82) is 0 Å². The van der Waals surface area contributed by atoms with E-state index in [1.54, 1.807) is 41.3 Å². The fraction of sp³-hybridized carbons (Fsp3) is 0.435. The molecule has 174 valence electrons. The van der Waals surface area contributed by atoms with E-state index in [1.807, 2.05) is 13.8 Å². The first-order chi connectivity index (χ1) is 15.2. The van der Waals surface area contributed by atoms with Crippen LogP contribution in [0.2, 0.25) is 5.02 Å². The molecular weight excluding hydrogens is 452 g/mol. The lowest BCUT2D eigenvalue weighted by molar-refractivity contribution is 0.0676. The lowest BCUT2D eigenvalue weighted by atomic mass is 9.97.